The van der Waals surface area contributed by atoms with Crippen molar-refractivity contribution in [3.63, 3.8) is 0 Å². The van der Waals surface area contributed by atoms with Gasteiger partial charge in [-0.25, -0.2) is 4.79 Å². The van der Waals surface area contributed by atoms with Gasteiger partial charge in [0.15, 0.2) is 0 Å². The van der Waals surface area contributed by atoms with Gasteiger partial charge in [-0.15, -0.1) is 0 Å². The quantitative estimate of drug-likeness (QED) is 0.884. The minimum atomic E-state index is -0.194. The first-order chi connectivity index (χ1) is 12.1. The van der Waals surface area contributed by atoms with E-state index in [1.54, 1.807) is 29.2 Å². The van der Waals surface area contributed by atoms with Crippen LogP contribution in [0.15, 0.2) is 24.3 Å². The Kier molecular flexibility index (Phi) is 5.58. The molecule has 2 saturated heterocycles. The molecule has 3 amide bonds. The number of amides is 3. The van der Waals surface area contributed by atoms with Crippen molar-refractivity contribution in [2.24, 2.45) is 5.92 Å². The molecule has 2 aliphatic heterocycles. The fourth-order valence-electron chi connectivity index (χ4n) is 3.58. The lowest BCUT2D eigenvalue weighted by Gasteiger charge is -2.30. The molecule has 136 valence electrons. The number of anilines is 1. The van der Waals surface area contributed by atoms with Gasteiger partial charge in [0.05, 0.1) is 12.6 Å². The highest BCUT2D eigenvalue weighted by Crippen LogP contribution is 2.21. The number of carbonyl (C=O) groups is 2. The third-order valence-electron chi connectivity index (χ3n) is 5.30. The molecular weight excluding hydrogens is 318 g/mol. The summed E-state index contributed by atoms with van der Waals surface area (Å²) in [7, 11) is 0. The molecule has 2 N–H and O–H groups in total. The SMILES string of the molecule is CC1CCN(C(=O)c2ccc(NC(=O)N3CCC[C@H]3CO)cc2)CC1. The van der Waals surface area contributed by atoms with Gasteiger partial charge in [0.25, 0.3) is 5.91 Å². The standard InChI is InChI=1S/C19H27N3O3/c1-14-8-11-21(12-9-14)18(24)15-4-6-16(7-5-15)20-19(25)22-10-2-3-17(22)13-23/h4-7,14,17,23H,2-3,8-13H2,1H3,(H,20,25)/t17-/m0/s1. The second-order valence-electron chi connectivity index (χ2n) is 7.15. The molecule has 6 nitrogen and oxygen atoms in total. The Morgan fingerprint density at radius 3 is 2.44 bits per heavy atom. The molecule has 2 aliphatic rings. The molecule has 25 heavy (non-hydrogen) atoms. The lowest BCUT2D eigenvalue weighted by Crippen LogP contribution is -2.40. The summed E-state index contributed by atoms with van der Waals surface area (Å²) in [6, 6.07) is 6.78. The number of urea groups is 1. The summed E-state index contributed by atoms with van der Waals surface area (Å²) in [5.74, 6) is 0.750. The number of likely N-dealkylation sites (tertiary alicyclic amines) is 2. The van der Waals surface area contributed by atoms with Crippen LogP contribution in [0.3, 0.4) is 0 Å². The first-order valence-electron chi connectivity index (χ1n) is 9.16. The molecule has 0 unspecified atom stereocenters. The van der Waals surface area contributed by atoms with Gasteiger partial charge in [0.1, 0.15) is 0 Å². The van der Waals surface area contributed by atoms with Crippen molar-refractivity contribution in [1.29, 1.82) is 0 Å². The fourth-order valence-corrected chi connectivity index (χ4v) is 3.58. The van der Waals surface area contributed by atoms with Crippen LogP contribution in [0.2, 0.25) is 0 Å². The Balaban J connectivity index is 1.58. The van der Waals surface area contributed by atoms with Crippen molar-refractivity contribution in [3.05, 3.63) is 29.8 Å². The highest BCUT2D eigenvalue weighted by molar-refractivity contribution is 5.95. The molecule has 1 aromatic carbocycles. The van der Waals surface area contributed by atoms with E-state index in [2.05, 4.69) is 12.2 Å². The minimum absolute atomic E-state index is 0.00465. The number of aliphatic hydroxyl groups is 1. The van der Waals surface area contributed by atoms with E-state index in [1.807, 2.05) is 4.90 Å². The third kappa shape index (κ3) is 4.12. The number of aliphatic hydroxyl groups excluding tert-OH is 1. The smallest absolute Gasteiger partial charge is 0.322 e. The van der Waals surface area contributed by atoms with Crippen LogP contribution in [0.4, 0.5) is 10.5 Å². The normalized spacial score (nSPS) is 21.4. The van der Waals surface area contributed by atoms with E-state index in [-0.39, 0.29) is 24.6 Å². The lowest BCUT2D eigenvalue weighted by molar-refractivity contribution is 0.0697. The van der Waals surface area contributed by atoms with Crippen LogP contribution in [0, 0.1) is 5.92 Å². The molecule has 2 fully saturated rings. The van der Waals surface area contributed by atoms with Gasteiger partial charge in [0.2, 0.25) is 0 Å². The number of benzene rings is 1. The van der Waals surface area contributed by atoms with Crippen molar-refractivity contribution in [3.8, 4) is 0 Å². The summed E-state index contributed by atoms with van der Waals surface area (Å²) < 4.78 is 0. The van der Waals surface area contributed by atoms with E-state index < -0.39 is 0 Å². The van der Waals surface area contributed by atoms with Crippen LogP contribution < -0.4 is 5.32 Å². The largest absolute Gasteiger partial charge is 0.394 e. The van der Waals surface area contributed by atoms with Crippen LogP contribution in [-0.2, 0) is 0 Å². The molecule has 1 aromatic rings. The zero-order chi connectivity index (χ0) is 17.8. The van der Waals surface area contributed by atoms with Gasteiger partial charge in [-0.3, -0.25) is 4.79 Å². The molecule has 0 saturated carbocycles. The summed E-state index contributed by atoms with van der Waals surface area (Å²) in [4.78, 5) is 28.4. The summed E-state index contributed by atoms with van der Waals surface area (Å²) >= 11 is 0. The van der Waals surface area contributed by atoms with E-state index in [0.29, 0.717) is 23.7 Å². The second-order valence-corrected chi connectivity index (χ2v) is 7.15. The van der Waals surface area contributed by atoms with E-state index >= 15 is 0 Å². The molecule has 0 aromatic heterocycles. The van der Waals surface area contributed by atoms with E-state index in [0.717, 1.165) is 38.8 Å². The monoisotopic (exact) mass is 345 g/mol. The number of piperidine rings is 1. The number of carbonyl (C=O) groups excluding carboxylic acids is 2. The van der Waals surface area contributed by atoms with Crippen molar-refractivity contribution >= 4 is 17.6 Å². The topological polar surface area (TPSA) is 72.9 Å². The summed E-state index contributed by atoms with van der Waals surface area (Å²) in [5.41, 5.74) is 1.32. The van der Waals surface area contributed by atoms with E-state index in [1.165, 1.54) is 0 Å². The maximum Gasteiger partial charge on any atom is 0.322 e. The number of nitrogens with one attached hydrogen (secondary N) is 1. The Hall–Kier alpha value is -2.08. The Labute approximate surface area is 148 Å². The van der Waals surface area contributed by atoms with Crippen molar-refractivity contribution < 1.29 is 14.7 Å². The maximum atomic E-state index is 12.5. The van der Waals surface area contributed by atoms with Crippen LogP contribution in [-0.4, -0.2) is 59.1 Å². The Bertz CT molecular complexity index is 609. The van der Waals surface area contributed by atoms with E-state index in [4.69, 9.17) is 0 Å². The zero-order valence-corrected chi connectivity index (χ0v) is 14.8. The highest BCUT2D eigenvalue weighted by Gasteiger charge is 2.28. The first kappa shape index (κ1) is 17.7. The molecule has 0 aliphatic carbocycles. The van der Waals surface area contributed by atoms with Crippen LogP contribution >= 0.6 is 0 Å². The second kappa shape index (κ2) is 7.87. The van der Waals surface area contributed by atoms with Gasteiger partial charge in [-0.05, 0) is 55.9 Å². The summed E-state index contributed by atoms with van der Waals surface area (Å²) in [5, 5.41) is 12.2. The van der Waals surface area contributed by atoms with Crippen molar-refractivity contribution in [2.45, 2.75) is 38.6 Å². The van der Waals surface area contributed by atoms with Crippen LogP contribution in [0.5, 0.6) is 0 Å². The Morgan fingerprint density at radius 2 is 1.80 bits per heavy atom. The van der Waals surface area contributed by atoms with Crippen LogP contribution in [0.1, 0.15) is 43.0 Å². The number of hydrogen-bond donors (Lipinski definition) is 2. The predicted molar refractivity (Wildman–Crippen MR) is 96.6 cm³/mol. The zero-order valence-electron chi connectivity index (χ0n) is 14.8. The molecular formula is C19H27N3O3. The third-order valence-corrected chi connectivity index (χ3v) is 5.30. The number of hydrogen-bond acceptors (Lipinski definition) is 3. The fraction of sp³-hybridized carbons (Fsp3) is 0.579. The molecule has 3 rings (SSSR count). The number of nitrogens with zero attached hydrogens (tertiary/aromatic N) is 2. The minimum Gasteiger partial charge on any atom is -0.394 e. The average molecular weight is 345 g/mol. The molecule has 2 heterocycles. The maximum absolute atomic E-state index is 12.5. The lowest BCUT2D eigenvalue weighted by atomic mass is 9.98. The summed E-state index contributed by atoms with van der Waals surface area (Å²) in [6.45, 7) is 4.52. The molecule has 1 atom stereocenters. The predicted octanol–water partition coefficient (Wildman–Crippen LogP) is 2.55. The van der Waals surface area contributed by atoms with Gasteiger partial charge in [-0.2, -0.15) is 0 Å². The molecule has 0 spiro atoms. The number of rotatable bonds is 3. The van der Waals surface area contributed by atoms with Gasteiger partial charge in [-0.1, -0.05) is 6.92 Å². The Morgan fingerprint density at radius 1 is 1.12 bits per heavy atom. The van der Waals surface area contributed by atoms with Crippen molar-refractivity contribution in [2.75, 3.05) is 31.6 Å². The summed E-state index contributed by atoms with van der Waals surface area (Å²) in [6.07, 6.45) is 3.87. The van der Waals surface area contributed by atoms with Crippen LogP contribution in [0.25, 0.3) is 0 Å². The van der Waals surface area contributed by atoms with Gasteiger partial charge in [0, 0.05) is 30.9 Å². The van der Waals surface area contributed by atoms with Gasteiger partial charge < -0.3 is 20.2 Å². The highest BCUT2D eigenvalue weighted by atomic mass is 16.3. The molecule has 0 radical (unpaired) electrons. The first-order valence-corrected chi connectivity index (χ1v) is 9.16. The molecule has 6 heteroatoms. The average Bonchev–Trinajstić information content (AvgIpc) is 3.11. The van der Waals surface area contributed by atoms with Crippen molar-refractivity contribution in [1.82, 2.24) is 9.80 Å². The van der Waals surface area contributed by atoms with Gasteiger partial charge >= 0.3 is 6.03 Å². The molecule has 0 bridgehead atoms. The van der Waals surface area contributed by atoms with E-state index in [9.17, 15) is 14.7 Å².